The van der Waals surface area contributed by atoms with Gasteiger partial charge in [0, 0.05) is 31.4 Å². The highest BCUT2D eigenvalue weighted by atomic mass is 35.5. The maximum atomic E-state index is 12.6. The fourth-order valence-electron chi connectivity index (χ4n) is 2.82. The molecule has 0 spiro atoms. The Hall–Kier alpha value is -2.35. The SMILES string of the molecule is COCCCn1c(SCC(=O)c2cccc(OC)c2)nnc1-c1ccccc1Cl. The van der Waals surface area contributed by atoms with Gasteiger partial charge in [-0.1, -0.05) is 47.6 Å². The van der Waals surface area contributed by atoms with Gasteiger partial charge in [-0.05, 0) is 30.7 Å². The first-order valence-corrected chi connectivity index (χ1v) is 10.5. The summed E-state index contributed by atoms with van der Waals surface area (Å²) in [6, 6.07) is 14.7. The topological polar surface area (TPSA) is 66.2 Å². The molecular weight excluding hydrogens is 410 g/mol. The lowest BCUT2D eigenvalue weighted by Crippen LogP contribution is -2.08. The first-order chi connectivity index (χ1) is 14.1. The molecule has 0 amide bonds. The Bertz CT molecular complexity index is 977. The third-order valence-corrected chi connectivity index (χ3v) is 5.58. The molecule has 0 aliphatic heterocycles. The second-order valence-corrected chi connectivity index (χ2v) is 7.58. The lowest BCUT2D eigenvalue weighted by Gasteiger charge is -2.11. The molecule has 152 valence electrons. The van der Waals surface area contributed by atoms with E-state index in [-0.39, 0.29) is 11.5 Å². The zero-order chi connectivity index (χ0) is 20.6. The van der Waals surface area contributed by atoms with Crippen molar-refractivity contribution < 1.29 is 14.3 Å². The summed E-state index contributed by atoms with van der Waals surface area (Å²) < 4.78 is 12.4. The number of hydrogen-bond acceptors (Lipinski definition) is 6. The van der Waals surface area contributed by atoms with Gasteiger partial charge in [0.25, 0.3) is 0 Å². The van der Waals surface area contributed by atoms with Gasteiger partial charge < -0.3 is 14.0 Å². The maximum Gasteiger partial charge on any atom is 0.191 e. The Labute approximate surface area is 179 Å². The molecule has 3 aromatic rings. The van der Waals surface area contributed by atoms with E-state index >= 15 is 0 Å². The zero-order valence-electron chi connectivity index (χ0n) is 16.3. The minimum Gasteiger partial charge on any atom is -0.497 e. The van der Waals surface area contributed by atoms with Crippen LogP contribution in [0.4, 0.5) is 0 Å². The summed E-state index contributed by atoms with van der Waals surface area (Å²) in [5, 5.41) is 9.93. The predicted molar refractivity (Wildman–Crippen MR) is 115 cm³/mol. The number of benzene rings is 2. The van der Waals surface area contributed by atoms with Crippen LogP contribution >= 0.6 is 23.4 Å². The van der Waals surface area contributed by atoms with E-state index in [1.165, 1.54) is 11.8 Å². The fraction of sp³-hybridized carbons (Fsp3) is 0.286. The highest BCUT2D eigenvalue weighted by Crippen LogP contribution is 2.30. The summed E-state index contributed by atoms with van der Waals surface area (Å²) >= 11 is 7.72. The molecule has 1 heterocycles. The second-order valence-electron chi connectivity index (χ2n) is 6.23. The molecule has 1 aromatic heterocycles. The van der Waals surface area contributed by atoms with Crippen LogP contribution in [-0.2, 0) is 11.3 Å². The van der Waals surface area contributed by atoms with Crippen LogP contribution in [0.1, 0.15) is 16.8 Å². The molecule has 0 saturated heterocycles. The summed E-state index contributed by atoms with van der Waals surface area (Å²) in [4.78, 5) is 12.6. The molecule has 29 heavy (non-hydrogen) atoms. The van der Waals surface area contributed by atoms with E-state index in [0.29, 0.717) is 40.5 Å². The molecule has 0 unspecified atom stereocenters. The van der Waals surface area contributed by atoms with Crippen molar-refractivity contribution >= 4 is 29.1 Å². The number of halogens is 1. The first kappa shape index (κ1) is 21.4. The number of thioether (sulfide) groups is 1. The van der Waals surface area contributed by atoms with Gasteiger partial charge in [-0.25, -0.2) is 0 Å². The average molecular weight is 432 g/mol. The van der Waals surface area contributed by atoms with Gasteiger partial charge in [0.1, 0.15) is 5.75 Å². The molecule has 0 fully saturated rings. The van der Waals surface area contributed by atoms with Crippen LogP contribution < -0.4 is 4.74 Å². The standard InChI is InChI=1S/C21H22ClN3O3S/c1-27-12-6-11-25-20(17-9-3-4-10-18(17)22)23-24-21(25)29-14-19(26)15-7-5-8-16(13-15)28-2/h3-5,7-10,13H,6,11-12,14H2,1-2H3. The van der Waals surface area contributed by atoms with Crippen molar-refractivity contribution in [3.8, 4) is 17.1 Å². The number of carbonyl (C=O) groups excluding carboxylic acids is 1. The van der Waals surface area contributed by atoms with Crippen LogP contribution in [0.3, 0.4) is 0 Å². The van der Waals surface area contributed by atoms with Gasteiger partial charge >= 0.3 is 0 Å². The number of ketones is 1. The predicted octanol–water partition coefficient (Wildman–Crippen LogP) is 4.62. The van der Waals surface area contributed by atoms with Crippen LogP contribution in [0.5, 0.6) is 5.75 Å². The minimum absolute atomic E-state index is 0.000338. The molecule has 0 aliphatic rings. The van der Waals surface area contributed by atoms with Gasteiger partial charge in [-0.3, -0.25) is 4.79 Å². The van der Waals surface area contributed by atoms with Crippen molar-refractivity contribution in [1.82, 2.24) is 14.8 Å². The first-order valence-electron chi connectivity index (χ1n) is 9.11. The van der Waals surface area contributed by atoms with E-state index in [9.17, 15) is 4.79 Å². The number of aromatic nitrogens is 3. The number of nitrogens with zero attached hydrogens (tertiary/aromatic N) is 3. The third kappa shape index (κ3) is 5.38. The molecule has 0 radical (unpaired) electrons. The number of ether oxygens (including phenoxy) is 2. The van der Waals surface area contributed by atoms with Gasteiger partial charge in [0.15, 0.2) is 16.8 Å². The van der Waals surface area contributed by atoms with Crippen LogP contribution in [0.25, 0.3) is 11.4 Å². The van der Waals surface area contributed by atoms with Gasteiger partial charge in [-0.2, -0.15) is 0 Å². The van der Waals surface area contributed by atoms with E-state index in [2.05, 4.69) is 10.2 Å². The van der Waals surface area contributed by atoms with Crippen LogP contribution in [-0.4, -0.2) is 47.1 Å². The van der Waals surface area contributed by atoms with Crippen LogP contribution in [0.15, 0.2) is 53.7 Å². The van der Waals surface area contributed by atoms with Gasteiger partial charge in [-0.15, -0.1) is 10.2 Å². The largest absolute Gasteiger partial charge is 0.497 e. The summed E-state index contributed by atoms with van der Waals surface area (Å²) in [5.41, 5.74) is 1.42. The number of Topliss-reactive ketones (excluding diaryl/α,β-unsaturated/α-hetero) is 1. The normalized spacial score (nSPS) is 10.9. The van der Waals surface area contributed by atoms with Crippen molar-refractivity contribution in [1.29, 1.82) is 0 Å². The number of rotatable bonds is 10. The van der Waals surface area contributed by atoms with Crippen molar-refractivity contribution in [2.24, 2.45) is 0 Å². The molecule has 0 N–H and O–H groups in total. The van der Waals surface area contributed by atoms with E-state index in [1.807, 2.05) is 34.9 Å². The lowest BCUT2D eigenvalue weighted by atomic mass is 10.1. The van der Waals surface area contributed by atoms with E-state index < -0.39 is 0 Å². The van der Waals surface area contributed by atoms with E-state index in [0.717, 1.165) is 12.0 Å². The summed E-state index contributed by atoms with van der Waals surface area (Å²) in [6.45, 7) is 1.28. The van der Waals surface area contributed by atoms with Crippen molar-refractivity contribution in [2.75, 3.05) is 26.6 Å². The Morgan fingerprint density at radius 1 is 1.14 bits per heavy atom. The maximum absolute atomic E-state index is 12.6. The Morgan fingerprint density at radius 2 is 1.97 bits per heavy atom. The average Bonchev–Trinajstić information content (AvgIpc) is 3.15. The Balaban J connectivity index is 1.81. The molecule has 0 saturated carbocycles. The Morgan fingerprint density at radius 3 is 2.72 bits per heavy atom. The molecular formula is C21H22ClN3O3S. The van der Waals surface area contributed by atoms with Crippen LogP contribution in [0, 0.1) is 0 Å². The molecule has 8 heteroatoms. The van der Waals surface area contributed by atoms with E-state index in [1.54, 1.807) is 32.4 Å². The summed E-state index contributed by atoms with van der Waals surface area (Å²) in [5.74, 6) is 1.59. The highest BCUT2D eigenvalue weighted by Gasteiger charge is 2.18. The minimum atomic E-state index is -0.000338. The summed E-state index contributed by atoms with van der Waals surface area (Å²) in [7, 11) is 3.25. The zero-order valence-corrected chi connectivity index (χ0v) is 17.9. The quantitative estimate of drug-likeness (QED) is 0.265. The number of hydrogen-bond donors (Lipinski definition) is 0. The van der Waals surface area contributed by atoms with Crippen molar-refractivity contribution in [3.63, 3.8) is 0 Å². The van der Waals surface area contributed by atoms with Gasteiger partial charge in [0.2, 0.25) is 0 Å². The number of carbonyl (C=O) groups is 1. The molecule has 0 atom stereocenters. The molecule has 0 aliphatic carbocycles. The number of methoxy groups -OCH3 is 2. The molecule has 0 bridgehead atoms. The lowest BCUT2D eigenvalue weighted by molar-refractivity contribution is 0.102. The Kier molecular flexibility index (Phi) is 7.69. The second kappa shape index (κ2) is 10.4. The molecule has 3 rings (SSSR count). The molecule has 2 aromatic carbocycles. The summed E-state index contributed by atoms with van der Waals surface area (Å²) in [6.07, 6.45) is 0.795. The van der Waals surface area contributed by atoms with E-state index in [4.69, 9.17) is 21.1 Å². The smallest absolute Gasteiger partial charge is 0.191 e. The fourth-order valence-corrected chi connectivity index (χ4v) is 3.90. The highest BCUT2D eigenvalue weighted by molar-refractivity contribution is 7.99. The molecule has 6 nitrogen and oxygen atoms in total. The third-order valence-electron chi connectivity index (χ3n) is 4.29. The van der Waals surface area contributed by atoms with Crippen molar-refractivity contribution in [3.05, 3.63) is 59.1 Å². The van der Waals surface area contributed by atoms with Gasteiger partial charge in [0.05, 0.1) is 17.9 Å². The monoisotopic (exact) mass is 431 g/mol. The van der Waals surface area contributed by atoms with Crippen LogP contribution in [0.2, 0.25) is 5.02 Å². The van der Waals surface area contributed by atoms with Crippen molar-refractivity contribution in [2.45, 2.75) is 18.1 Å².